The summed E-state index contributed by atoms with van der Waals surface area (Å²) in [5.41, 5.74) is 0. The molecule has 1 aromatic heterocycles. The molecule has 0 atom stereocenters. The van der Waals surface area contributed by atoms with Crippen molar-refractivity contribution in [3.8, 4) is 0 Å². The molecule has 0 unspecified atom stereocenters. The van der Waals surface area contributed by atoms with E-state index in [9.17, 15) is 8.42 Å². The van der Waals surface area contributed by atoms with Gasteiger partial charge in [-0.25, -0.2) is 17.7 Å². The molecule has 0 aliphatic rings. The van der Waals surface area contributed by atoms with Gasteiger partial charge in [0.25, 0.3) is 0 Å². The molecule has 7 heteroatoms. The Labute approximate surface area is 127 Å². The predicted molar refractivity (Wildman–Crippen MR) is 83.8 cm³/mol. The van der Waals surface area contributed by atoms with Crippen molar-refractivity contribution in [1.29, 1.82) is 0 Å². The van der Waals surface area contributed by atoms with E-state index in [2.05, 4.69) is 17.2 Å². The number of hydrogen-bond donors (Lipinski definition) is 2. The summed E-state index contributed by atoms with van der Waals surface area (Å²) in [5.74, 6) is 0.682. The lowest BCUT2D eigenvalue weighted by Crippen LogP contribution is -2.28. The van der Waals surface area contributed by atoms with Gasteiger partial charge in [-0.1, -0.05) is 6.92 Å². The Morgan fingerprint density at radius 1 is 1.29 bits per heavy atom. The van der Waals surface area contributed by atoms with Crippen molar-refractivity contribution < 1.29 is 13.5 Å². The van der Waals surface area contributed by atoms with Crippen molar-refractivity contribution in [2.75, 3.05) is 32.1 Å². The van der Waals surface area contributed by atoms with Gasteiger partial charge in [0.2, 0.25) is 10.0 Å². The lowest BCUT2D eigenvalue weighted by atomic mass is 10.2. The molecule has 6 nitrogen and oxygen atoms in total. The van der Waals surface area contributed by atoms with E-state index < -0.39 is 10.0 Å². The van der Waals surface area contributed by atoms with Crippen LogP contribution in [0.2, 0.25) is 0 Å². The molecule has 1 rings (SSSR count). The molecule has 0 saturated carbocycles. The van der Waals surface area contributed by atoms with Crippen LogP contribution >= 0.6 is 0 Å². The first-order chi connectivity index (χ1) is 10.0. The van der Waals surface area contributed by atoms with Crippen LogP contribution in [0.3, 0.4) is 0 Å². The van der Waals surface area contributed by atoms with Crippen molar-refractivity contribution >= 4 is 15.8 Å². The fraction of sp³-hybridized carbons (Fsp3) is 0.643. The summed E-state index contributed by atoms with van der Waals surface area (Å²) in [4.78, 5) is 4.33. The number of nitrogens with one attached hydrogen (secondary N) is 1. The highest BCUT2D eigenvalue weighted by Gasteiger charge is 2.20. The van der Waals surface area contributed by atoms with E-state index in [0.717, 1.165) is 25.8 Å². The van der Waals surface area contributed by atoms with Gasteiger partial charge in [-0.15, -0.1) is 0 Å². The smallest absolute Gasteiger partial charge is 0.244 e. The summed E-state index contributed by atoms with van der Waals surface area (Å²) >= 11 is 0. The van der Waals surface area contributed by atoms with Gasteiger partial charge in [-0.05, 0) is 37.8 Å². The number of anilines is 1. The normalized spacial score (nSPS) is 11.8. The number of hydrogen-bond acceptors (Lipinski definition) is 5. The van der Waals surface area contributed by atoms with E-state index in [1.54, 1.807) is 19.2 Å². The topological polar surface area (TPSA) is 82.5 Å². The van der Waals surface area contributed by atoms with Crippen molar-refractivity contribution in [1.82, 2.24) is 9.29 Å². The van der Waals surface area contributed by atoms with Gasteiger partial charge in [-0.3, -0.25) is 0 Å². The van der Waals surface area contributed by atoms with E-state index in [-0.39, 0.29) is 11.5 Å². The standard InChI is InChI=1S/C14H25N3O3S/c1-3-9-15-14-8-7-13(12-16-14)21(19,20)17(2)10-5-4-6-11-18/h7-8,12,18H,3-6,9-11H2,1-2H3,(H,15,16). The molecular formula is C14H25N3O3S. The maximum atomic E-state index is 12.3. The second-order valence-corrected chi connectivity index (χ2v) is 6.96. The van der Waals surface area contributed by atoms with Crippen LogP contribution in [-0.2, 0) is 10.0 Å². The minimum atomic E-state index is -3.48. The van der Waals surface area contributed by atoms with Crippen LogP contribution in [0.4, 0.5) is 5.82 Å². The quantitative estimate of drug-likeness (QED) is 0.642. The Balaban J connectivity index is 2.64. The first kappa shape index (κ1) is 17.9. The molecule has 0 saturated heterocycles. The number of unbranched alkanes of at least 4 members (excludes halogenated alkanes) is 2. The maximum Gasteiger partial charge on any atom is 0.244 e. The minimum absolute atomic E-state index is 0.145. The summed E-state index contributed by atoms with van der Waals surface area (Å²) in [5, 5.41) is 11.8. The molecule has 0 spiro atoms. The average Bonchev–Trinajstić information content (AvgIpc) is 2.49. The molecule has 0 radical (unpaired) electrons. The summed E-state index contributed by atoms with van der Waals surface area (Å²) in [6, 6.07) is 3.26. The first-order valence-corrected chi connectivity index (χ1v) is 8.73. The predicted octanol–water partition coefficient (Wildman–Crippen LogP) is 1.69. The highest BCUT2D eigenvalue weighted by atomic mass is 32.2. The van der Waals surface area contributed by atoms with Crippen LogP contribution in [0.15, 0.2) is 23.2 Å². The minimum Gasteiger partial charge on any atom is -0.396 e. The van der Waals surface area contributed by atoms with Crippen molar-refractivity contribution in [3.63, 3.8) is 0 Å². The van der Waals surface area contributed by atoms with Gasteiger partial charge >= 0.3 is 0 Å². The third-order valence-electron chi connectivity index (χ3n) is 3.13. The summed E-state index contributed by atoms with van der Waals surface area (Å²) in [7, 11) is -1.92. The number of aromatic nitrogens is 1. The molecule has 0 bridgehead atoms. The van der Waals surface area contributed by atoms with Crippen LogP contribution in [0.5, 0.6) is 0 Å². The van der Waals surface area contributed by atoms with Crippen molar-refractivity contribution in [3.05, 3.63) is 18.3 Å². The zero-order valence-corrected chi connectivity index (χ0v) is 13.6. The number of sulfonamides is 1. The molecule has 0 aromatic carbocycles. The fourth-order valence-corrected chi connectivity index (χ4v) is 2.97. The van der Waals surface area contributed by atoms with Crippen LogP contribution in [0.25, 0.3) is 0 Å². The molecule has 2 N–H and O–H groups in total. The van der Waals surface area contributed by atoms with E-state index in [4.69, 9.17) is 5.11 Å². The Morgan fingerprint density at radius 3 is 2.62 bits per heavy atom. The van der Waals surface area contributed by atoms with Crippen LogP contribution in [-0.4, -0.2) is 49.6 Å². The number of rotatable bonds is 10. The van der Waals surface area contributed by atoms with E-state index in [0.29, 0.717) is 18.8 Å². The second-order valence-electron chi connectivity index (χ2n) is 4.92. The van der Waals surface area contributed by atoms with Crippen molar-refractivity contribution in [2.24, 2.45) is 0 Å². The monoisotopic (exact) mass is 315 g/mol. The zero-order chi connectivity index (χ0) is 15.7. The fourth-order valence-electron chi connectivity index (χ4n) is 1.81. The first-order valence-electron chi connectivity index (χ1n) is 7.29. The van der Waals surface area contributed by atoms with E-state index in [1.807, 2.05) is 0 Å². The number of pyridine rings is 1. The SMILES string of the molecule is CCCNc1ccc(S(=O)(=O)N(C)CCCCCO)cn1. The van der Waals surface area contributed by atoms with Gasteiger partial charge in [0.1, 0.15) is 10.7 Å². The molecule has 0 fully saturated rings. The van der Waals surface area contributed by atoms with Crippen molar-refractivity contribution in [2.45, 2.75) is 37.5 Å². The molecule has 1 heterocycles. The Morgan fingerprint density at radius 2 is 2.05 bits per heavy atom. The van der Waals surface area contributed by atoms with Gasteiger partial charge in [0.15, 0.2) is 0 Å². The lowest BCUT2D eigenvalue weighted by Gasteiger charge is -2.17. The van der Waals surface area contributed by atoms with Gasteiger partial charge in [0, 0.05) is 32.9 Å². The van der Waals surface area contributed by atoms with Crippen LogP contribution in [0.1, 0.15) is 32.6 Å². The van der Waals surface area contributed by atoms with E-state index >= 15 is 0 Å². The molecule has 0 amide bonds. The summed E-state index contributed by atoms with van der Waals surface area (Å²) < 4.78 is 26.0. The number of nitrogens with zero attached hydrogens (tertiary/aromatic N) is 2. The van der Waals surface area contributed by atoms with Gasteiger partial charge in [-0.2, -0.15) is 0 Å². The van der Waals surface area contributed by atoms with Gasteiger partial charge in [0.05, 0.1) is 0 Å². The summed E-state index contributed by atoms with van der Waals surface area (Å²) in [6.45, 7) is 3.45. The molecule has 21 heavy (non-hydrogen) atoms. The van der Waals surface area contributed by atoms with Crippen LogP contribution in [0, 0.1) is 0 Å². The third kappa shape index (κ3) is 5.61. The molecular weight excluding hydrogens is 290 g/mol. The molecule has 0 aliphatic heterocycles. The Hall–Kier alpha value is -1.18. The van der Waals surface area contributed by atoms with E-state index in [1.165, 1.54) is 10.5 Å². The number of aliphatic hydroxyl groups excluding tert-OH is 1. The average molecular weight is 315 g/mol. The summed E-state index contributed by atoms with van der Waals surface area (Å²) in [6.07, 6.45) is 4.62. The molecule has 0 aliphatic carbocycles. The Bertz CT molecular complexity index is 503. The highest BCUT2D eigenvalue weighted by Crippen LogP contribution is 2.15. The maximum absolute atomic E-state index is 12.3. The second kappa shape index (κ2) is 8.96. The Kier molecular flexibility index (Phi) is 7.63. The van der Waals surface area contributed by atoms with Gasteiger partial charge < -0.3 is 10.4 Å². The largest absolute Gasteiger partial charge is 0.396 e. The molecule has 120 valence electrons. The highest BCUT2D eigenvalue weighted by molar-refractivity contribution is 7.89. The third-order valence-corrected chi connectivity index (χ3v) is 4.97. The van der Waals surface area contributed by atoms with Crippen LogP contribution < -0.4 is 5.32 Å². The number of aliphatic hydroxyl groups is 1. The lowest BCUT2D eigenvalue weighted by molar-refractivity contribution is 0.281. The molecule has 1 aromatic rings. The zero-order valence-electron chi connectivity index (χ0n) is 12.7.